The molecular formula is C18H28N5S+. The third kappa shape index (κ3) is 5.32. The van der Waals surface area contributed by atoms with E-state index in [4.69, 9.17) is 12.2 Å². The molecule has 3 N–H and O–H groups in total. The molecule has 2 aromatic rings. The quantitative estimate of drug-likeness (QED) is 0.645. The van der Waals surface area contributed by atoms with Crippen molar-refractivity contribution in [2.45, 2.75) is 26.9 Å². The molecule has 0 aliphatic rings. The predicted octanol–water partition coefficient (Wildman–Crippen LogP) is 0.657. The summed E-state index contributed by atoms with van der Waals surface area (Å²) in [7, 11) is 4.26. The first kappa shape index (κ1) is 18.4. The molecule has 0 atom stereocenters. The van der Waals surface area contributed by atoms with Crippen molar-refractivity contribution in [1.82, 2.24) is 20.4 Å². The van der Waals surface area contributed by atoms with E-state index in [0.29, 0.717) is 11.7 Å². The third-order valence-electron chi connectivity index (χ3n) is 4.04. The minimum absolute atomic E-state index is 0.700. The third-order valence-corrected chi connectivity index (χ3v) is 4.33. The van der Waals surface area contributed by atoms with Crippen LogP contribution in [0.15, 0.2) is 30.3 Å². The van der Waals surface area contributed by atoms with Crippen LogP contribution in [0.2, 0.25) is 0 Å². The van der Waals surface area contributed by atoms with E-state index in [1.807, 2.05) is 6.07 Å². The SMILES string of the molecule is Cc1nn(Cc2ccccc2)c(C)c1CNC(=S)NCC[NH+](C)C. The largest absolute Gasteiger partial charge is 0.359 e. The number of benzene rings is 1. The van der Waals surface area contributed by atoms with Crippen LogP contribution in [-0.4, -0.2) is 42.1 Å². The normalized spacial score (nSPS) is 10.9. The van der Waals surface area contributed by atoms with Crippen LogP contribution in [0, 0.1) is 13.8 Å². The monoisotopic (exact) mass is 346 g/mol. The van der Waals surface area contributed by atoms with E-state index >= 15 is 0 Å². The minimum atomic E-state index is 0.700. The van der Waals surface area contributed by atoms with E-state index in [-0.39, 0.29) is 0 Å². The van der Waals surface area contributed by atoms with Crippen molar-refractivity contribution in [3.8, 4) is 0 Å². The molecule has 0 bridgehead atoms. The summed E-state index contributed by atoms with van der Waals surface area (Å²) < 4.78 is 2.06. The van der Waals surface area contributed by atoms with Gasteiger partial charge in [0.1, 0.15) is 0 Å². The van der Waals surface area contributed by atoms with Crippen LogP contribution in [-0.2, 0) is 13.1 Å². The number of aromatic nitrogens is 2. The summed E-state index contributed by atoms with van der Waals surface area (Å²) in [4.78, 5) is 1.40. The molecule has 2 rings (SSSR count). The molecule has 0 radical (unpaired) electrons. The maximum Gasteiger partial charge on any atom is 0.166 e. The van der Waals surface area contributed by atoms with Crippen LogP contribution in [0.4, 0.5) is 0 Å². The molecule has 1 aromatic carbocycles. The van der Waals surface area contributed by atoms with Crippen LogP contribution in [0.1, 0.15) is 22.5 Å². The first-order valence-corrected chi connectivity index (χ1v) is 8.75. The van der Waals surface area contributed by atoms with E-state index in [1.54, 1.807) is 0 Å². The maximum absolute atomic E-state index is 5.34. The average Bonchev–Trinajstić information content (AvgIpc) is 2.80. The standard InChI is InChI=1S/C18H27N5S/c1-14-17(12-20-18(24)19-10-11-22(3)4)15(2)23(21-14)13-16-8-6-5-7-9-16/h5-9H,10-13H2,1-4H3,(H2,19,20,24)/p+1. The molecule has 0 fully saturated rings. The summed E-state index contributed by atoms with van der Waals surface area (Å²) in [6.45, 7) is 7.58. The van der Waals surface area contributed by atoms with E-state index in [1.165, 1.54) is 21.7 Å². The molecule has 0 spiro atoms. The lowest BCUT2D eigenvalue weighted by Gasteiger charge is -2.12. The fourth-order valence-corrected chi connectivity index (χ4v) is 2.73. The number of quaternary nitrogens is 1. The van der Waals surface area contributed by atoms with Crippen LogP contribution in [0.5, 0.6) is 0 Å². The fourth-order valence-electron chi connectivity index (χ4n) is 2.56. The van der Waals surface area contributed by atoms with Gasteiger partial charge in [0.05, 0.1) is 39.4 Å². The van der Waals surface area contributed by atoms with Gasteiger partial charge in [-0.25, -0.2) is 0 Å². The molecule has 0 amide bonds. The summed E-state index contributed by atoms with van der Waals surface area (Å²) in [6, 6.07) is 10.4. The second kappa shape index (κ2) is 8.80. The van der Waals surface area contributed by atoms with Crippen molar-refractivity contribution >= 4 is 17.3 Å². The molecule has 130 valence electrons. The van der Waals surface area contributed by atoms with E-state index in [0.717, 1.165) is 25.3 Å². The number of hydrogen-bond acceptors (Lipinski definition) is 2. The van der Waals surface area contributed by atoms with Gasteiger partial charge in [0, 0.05) is 17.8 Å². The molecule has 1 aromatic heterocycles. The Morgan fingerprint density at radius 3 is 2.54 bits per heavy atom. The Balaban J connectivity index is 1.93. The summed E-state index contributed by atoms with van der Waals surface area (Å²) >= 11 is 5.34. The van der Waals surface area contributed by atoms with E-state index in [9.17, 15) is 0 Å². The molecule has 0 unspecified atom stereocenters. The smallest absolute Gasteiger partial charge is 0.166 e. The zero-order valence-electron chi connectivity index (χ0n) is 15.0. The Morgan fingerprint density at radius 1 is 1.17 bits per heavy atom. The maximum atomic E-state index is 5.34. The Bertz CT molecular complexity index is 664. The highest BCUT2D eigenvalue weighted by Gasteiger charge is 2.12. The van der Waals surface area contributed by atoms with Crippen molar-refractivity contribution in [3.63, 3.8) is 0 Å². The van der Waals surface area contributed by atoms with Crippen LogP contribution >= 0.6 is 12.2 Å². The van der Waals surface area contributed by atoms with Gasteiger partial charge >= 0.3 is 0 Å². The second-order valence-corrected chi connectivity index (χ2v) is 6.77. The lowest BCUT2D eigenvalue weighted by Crippen LogP contribution is -3.06. The number of nitrogens with one attached hydrogen (secondary N) is 3. The minimum Gasteiger partial charge on any atom is -0.359 e. The van der Waals surface area contributed by atoms with Gasteiger partial charge in [-0.2, -0.15) is 5.10 Å². The summed E-state index contributed by atoms with van der Waals surface area (Å²) in [5.41, 5.74) is 4.71. The molecule has 6 heteroatoms. The Kier molecular flexibility index (Phi) is 6.75. The lowest BCUT2D eigenvalue weighted by atomic mass is 10.2. The van der Waals surface area contributed by atoms with E-state index < -0.39 is 0 Å². The molecule has 0 saturated heterocycles. The Morgan fingerprint density at radius 2 is 1.88 bits per heavy atom. The van der Waals surface area contributed by atoms with Gasteiger partial charge < -0.3 is 15.5 Å². The van der Waals surface area contributed by atoms with Gasteiger partial charge in [0.25, 0.3) is 0 Å². The first-order valence-electron chi connectivity index (χ1n) is 8.35. The second-order valence-electron chi connectivity index (χ2n) is 6.36. The summed E-state index contributed by atoms with van der Waals surface area (Å²) in [5, 5.41) is 11.9. The lowest BCUT2D eigenvalue weighted by molar-refractivity contribution is -0.856. The number of nitrogens with zero attached hydrogens (tertiary/aromatic N) is 2. The number of thiocarbonyl (C=S) groups is 1. The molecule has 5 nitrogen and oxygen atoms in total. The van der Waals surface area contributed by atoms with Gasteiger partial charge in [-0.1, -0.05) is 30.3 Å². The highest BCUT2D eigenvalue weighted by Crippen LogP contribution is 2.14. The van der Waals surface area contributed by atoms with Gasteiger partial charge in [-0.15, -0.1) is 0 Å². The zero-order chi connectivity index (χ0) is 17.5. The molecular weight excluding hydrogens is 318 g/mol. The highest BCUT2D eigenvalue weighted by molar-refractivity contribution is 7.80. The van der Waals surface area contributed by atoms with E-state index in [2.05, 4.69) is 72.6 Å². The molecule has 0 saturated carbocycles. The van der Waals surface area contributed by atoms with Crippen LogP contribution in [0.25, 0.3) is 0 Å². The summed E-state index contributed by atoms with van der Waals surface area (Å²) in [6.07, 6.45) is 0. The highest BCUT2D eigenvalue weighted by atomic mass is 32.1. The van der Waals surface area contributed by atoms with Crippen molar-refractivity contribution < 1.29 is 4.90 Å². The molecule has 24 heavy (non-hydrogen) atoms. The number of hydrogen-bond donors (Lipinski definition) is 3. The van der Waals surface area contributed by atoms with Crippen LogP contribution < -0.4 is 15.5 Å². The van der Waals surface area contributed by atoms with Gasteiger partial charge in [0.2, 0.25) is 0 Å². The number of rotatable bonds is 7. The Hall–Kier alpha value is -1.92. The van der Waals surface area contributed by atoms with Crippen molar-refractivity contribution in [2.75, 3.05) is 27.2 Å². The van der Waals surface area contributed by atoms with Crippen molar-refractivity contribution in [2.24, 2.45) is 0 Å². The first-order chi connectivity index (χ1) is 11.5. The zero-order valence-corrected chi connectivity index (χ0v) is 15.8. The van der Waals surface area contributed by atoms with Crippen molar-refractivity contribution in [1.29, 1.82) is 0 Å². The van der Waals surface area contributed by atoms with Crippen LogP contribution in [0.3, 0.4) is 0 Å². The topological polar surface area (TPSA) is 46.3 Å². The number of aryl methyl sites for hydroxylation is 1. The van der Waals surface area contributed by atoms with Gasteiger partial charge in [0.15, 0.2) is 5.11 Å². The van der Waals surface area contributed by atoms with Gasteiger partial charge in [-0.05, 0) is 31.6 Å². The fraction of sp³-hybridized carbons (Fsp3) is 0.444. The number of likely N-dealkylation sites (N-methyl/N-ethyl adjacent to an activating group) is 1. The average molecular weight is 347 g/mol. The predicted molar refractivity (Wildman–Crippen MR) is 102 cm³/mol. The van der Waals surface area contributed by atoms with Crippen molar-refractivity contribution in [3.05, 3.63) is 52.8 Å². The molecule has 0 aliphatic carbocycles. The molecule has 0 aliphatic heterocycles. The summed E-state index contributed by atoms with van der Waals surface area (Å²) in [5.74, 6) is 0. The van der Waals surface area contributed by atoms with Gasteiger partial charge in [-0.3, -0.25) is 4.68 Å². The molecule has 1 heterocycles. The Labute approximate surface area is 150 Å².